The molecule has 1 saturated heterocycles. The minimum atomic E-state index is -4.14. The summed E-state index contributed by atoms with van der Waals surface area (Å²) in [7, 11) is -0.394. The smallest absolute Gasteiger partial charge is 0.400 e. The molecular weight excluding hydrogens is 358 g/mol. The van der Waals surface area contributed by atoms with E-state index >= 15 is 0 Å². The number of hydrogen-bond donors (Lipinski definition) is 0. The van der Waals surface area contributed by atoms with Crippen molar-refractivity contribution in [1.82, 2.24) is 4.90 Å². The number of carbonyl (C=O) groups is 1. The fraction of sp³-hybridized carbons (Fsp3) is 0.842. The highest BCUT2D eigenvalue weighted by molar-refractivity contribution is 6.54. The van der Waals surface area contributed by atoms with E-state index < -0.39 is 30.4 Å². The first-order valence-electron chi connectivity index (χ1n) is 9.81. The van der Waals surface area contributed by atoms with Gasteiger partial charge in [-0.25, -0.2) is 0 Å². The van der Waals surface area contributed by atoms with Crippen LogP contribution >= 0.6 is 0 Å². The van der Waals surface area contributed by atoms with Gasteiger partial charge in [-0.15, -0.1) is 0 Å². The van der Waals surface area contributed by atoms with Gasteiger partial charge in [0.05, 0.1) is 17.1 Å². The third kappa shape index (κ3) is 4.21. The molecule has 27 heavy (non-hydrogen) atoms. The molecule has 1 amide bonds. The van der Waals surface area contributed by atoms with Crippen LogP contribution in [0.25, 0.3) is 0 Å². The third-order valence-corrected chi connectivity index (χ3v) is 6.65. The van der Waals surface area contributed by atoms with Gasteiger partial charge in [0, 0.05) is 19.0 Å². The van der Waals surface area contributed by atoms with E-state index in [2.05, 4.69) is 0 Å². The second kappa shape index (κ2) is 7.10. The summed E-state index contributed by atoms with van der Waals surface area (Å²) in [5.74, 6) is -1.55. The summed E-state index contributed by atoms with van der Waals surface area (Å²) >= 11 is 0. The Morgan fingerprint density at radius 2 is 1.67 bits per heavy atom. The Morgan fingerprint density at radius 1 is 1.11 bits per heavy atom. The van der Waals surface area contributed by atoms with Gasteiger partial charge in [0.1, 0.15) is 0 Å². The minimum Gasteiger partial charge on any atom is -0.400 e. The van der Waals surface area contributed by atoms with E-state index in [4.69, 9.17) is 9.31 Å². The van der Waals surface area contributed by atoms with Crippen LogP contribution in [0.4, 0.5) is 13.2 Å². The lowest BCUT2D eigenvalue weighted by atomic mass is 9.74. The van der Waals surface area contributed by atoms with E-state index in [0.29, 0.717) is 32.4 Å². The lowest BCUT2D eigenvalue weighted by Gasteiger charge is -2.34. The molecule has 8 heteroatoms. The van der Waals surface area contributed by atoms with Crippen LogP contribution in [-0.2, 0) is 14.1 Å². The Labute approximate surface area is 159 Å². The topological polar surface area (TPSA) is 38.8 Å². The van der Waals surface area contributed by atoms with Crippen molar-refractivity contribution in [2.45, 2.75) is 77.2 Å². The lowest BCUT2D eigenvalue weighted by Crippen LogP contribution is -2.42. The molecule has 0 unspecified atom stereocenters. The maximum absolute atomic E-state index is 12.8. The first-order valence-corrected chi connectivity index (χ1v) is 9.81. The van der Waals surface area contributed by atoms with Crippen LogP contribution in [0.1, 0.15) is 59.8 Å². The first kappa shape index (κ1) is 20.7. The van der Waals surface area contributed by atoms with E-state index in [1.807, 2.05) is 33.8 Å². The molecule has 0 aromatic rings. The minimum absolute atomic E-state index is 0.0140. The van der Waals surface area contributed by atoms with Gasteiger partial charge < -0.3 is 14.2 Å². The van der Waals surface area contributed by atoms with E-state index in [0.717, 1.165) is 5.47 Å². The maximum atomic E-state index is 12.8. The van der Waals surface area contributed by atoms with Crippen LogP contribution in [0, 0.1) is 11.8 Å². The summed E-state index contributed by atoms with van der Waals surface area (Å²) in [6, 6.07) is 0. The molecular formula is C19H29BF3NO3. The van der Waals surface area contributed by atoms with Gasteiger partial charge >= 0.3 is 13.3 Å². The van der Waals surface area contributed by atoms with Crippen molar-refractivity contribution in [2.24, 2.45) is 11.8 Å². The summed E-state index contributed by atoms with van der Waals surface area (Å²) < 4.78 is 50.5. The highest BCUT2D eigenvalue weighted by atomic mass is 19.4. The van der Waals surface area contributed by atoms with Crippen LogP contribution in [-0.4, -0.2) is 48.4 Å². The lowest BCUT2D eigenvalue weighted by molar-refractivity contribution is -0.185. The zero-order valence-corrected chi connectivity index (χ0v) is 16.6. The van der Waals surface area contributed by atoms with Gasteiger partial charge in [-0.2, -0.15) is 13.2 Å². The second-order valence-corrected chi connectivity index (χ2v) is 8.99. The molecule has 0 spiro atoms. The molecule has 0 N–H and O–H groups in total. The average molecular weight is 387 g/mol. The number of rotatable bonds is 2. The van der Waals surface area contributed by atoms with Crippen LogP contribution in [0.3, 0.4) is 0 Å². The van der Waals surface area contributed by atoms with E-state index in [1.54, 1.807) is 4.90 Å². The van der Waals surface area contributed by atoms with Gasteiger partial charge in [0.15, 0.2) is 0 Å². The fourth-order valence-corrected chi connectivity index (χ4v) is 4.02. The third-order valence-electron chi connectivity index (χ3n) is 6.65. The number of amides is 1. The number of nitrogens with zero attached hydrogens (tertiary/aromatic N) is 1. The summed E-state index contributed by atoms with van der Waals surface area (Å²) in [6.07, 6.45) is -0.725. The van der Waals surface area contributed by atoms with Crippen molar-refractivity contribution in [1.29, 1.82) is 0 Å². The summed E-state index contributed by atoms with van der Waals surface area (Å²) in [5, 5.41) is 0. The van der Waals surface area contributed by atoms with Crippen molar-refractivity contribution >= 4 is 13.0 Å². The molecule has 2 fully saturated rings. The predicted octanol–water partition coefficient (Wildman–Crippen LogP) is 4.15. The first-order chi connectivity index (χ1) is 12.4. The van der Waals surface area contributed by atoms with Crippen molar-refractivity contribution in [3.05, 3.63) is 11.5 Å². The Hall–Kier alpha value is -1.02. The molecule has 2 aliphatic heterocycles. The normalized spacial score (nSPS) is 31.0. The summed E-state index contributed by atoms with van der Waals surface area (Å²) in [6.45, 7) is 9.05. The second-order valence-electron chi connectivity index (χ2n) is 8.99. The molecule has 1 aliphatic carbocycles. The predicted molar refractivity (Wildman–Crippen MR) is 96.9 cm³/mol. The highest BCUT2D eigenvalue weighted by Crippen LogP contribution is 2.41. The van der Waals surface area contributed by atoms with Crippen molar-refractivity contribution in [3.63, 3.8) is 0 Å². The molecule has 0 aromatic carbocycles. The SMILES string of the molecule is CC1(C)OB(C2=CCN(C(=O)[C@H]3CC[C@H](C(F)(F)F)CC3)CC2)OC1(C)C. The van der Waals surface area contributed by atoms with Crippen molar-refractivity contribution in [2.75, 3.05) is 13.1 Å². The van der Waals surface area contributed by atoms with Crippen LogP contribution in [0.2, 0.25) is 0 Å². The van der Waals surface area contributed by atoms with Crippen molar-refractivity contribution in [3.8, 4) is 0 Å². The fourth-order valence-electron chi connectivity index (χ4n) is 4.02. The van der Waals surface area contributed by atoms with Crippen LogP contribution in [0.15, 0.2) is 11.5 Å². The van der Waals surface area contributed by atoms with Gasteiger partial charge in [0.25, 0.3) is 0 Å². The average Bonchev–Trinajstić information content (AvgIpc) is 2.81. The van der Waals surface area contributed by atoms with E-state index in [1.165, 1.54) is 0 Å². The molecule has 2 heterocycles. The van der Waals surface area contributed by atoms with Gasteiger partial charge in [0.2, 0.25) is 5.91 Å². The molecule has 3 aliphatic rings. The zero-order valence-electron chi connectivity index (χ0n) is 16.6. The Morgan fingerprint density at radius 3 is 2.11 bits per heavy atom. The summed E-state index contributed by atoms with van der Waals surface area (Å²) in [4.78, 5) is 14.5. The molecule has 152 valence electrons. The maximum Gasteiger partial charge on any atom is 0.490 e. The number of hydrogen-bond acceptors (Lipinski definition) is 3. The van der Waals surface area contributed by atoms with Gasteiger partial charge in [-0.3, -0.25) is 4.79 Å². The summed E-state index contributed by atoms with van der Waals surface area (Å²) in [5.41, 5.74) is 0.240. The standard InChI is InChI=1S/C19H29BF3NO3/c1-17(2)18(3,4)27-20(26-17)15-9-11-24(12-10-15)16(25)13-5-7-14(8-6-13)19(21,22)23/h9,13-14H,5-8,10-12H2,1-4H3/t13-,14-. The van der Waals surface area contributed by atoms with E-state index in [-0.39, 0.29) is 24.7 Å². The zero-order chi connectivity index (χ0) is 20.0. The van der Waals surface area contributed by atoms with Crippen LogP contribution < -0.4 is 0 Å². The molecule has 3 rings (SSSR count). The number of alkyl halides is 3. The molecule has 0 aromatic heterocycles. The molecule has 0 atom stereocenters. The highest BCUT2D eigenvalue weighted by Gasteiger charge is 2.52. The molecule has 1 saturated carbocycles. The monoisotopic (exact) mass is 387 g/mol. The van der Waals surface area contributed by atoms with Crippen LogP contribution in [0.5, 0.6) is 0 Å². The Bertz CT molecular complexity index is 594. The Kier molecular flexibility index (Phi) is 5.45. The molecule has 0 bridgehead atoms. The molecule has 4 nitrogen and oxygen atoms in total. The van der Waals surface area contributed by atoms with E-state index in [9.17, 15) is 18.0 Å². The number of carbonyl (C=O) groups excluding carboxylic acids is 1. The number of halogens is 3. The quantitative estimate of drug-likeness (QED) is 0.669. The van der Waals surface area contributed by atoms with Gasteiger partial charge in [-0.1, -0.05) is 6.08 Å². The van der Waals surface area contributed by atoms with Gasteiger partial charge in [-0.05, 0) is 65.3 Å². The molecule has 0 radical (unpaired) electrons. The van der Waals surface area contributed by atoms with Crippen molar-refractivity contribution < 1.29 is 27.3 Å². The Balaban J connectivity index is 1.54. The largest absolute Gasteiger partial charge is 0.490 e.